The van der Waals surface area contributed by atoms with Crippen LogP contribution >= 0.6 is 63.7 Å². The molecule has 0 aromatic heterocycles. The summed E-state index contributed by atoms with van der Waals surface area (Å²) in [5.74, 6) is -0.624. The van der Waals surface area contributed by atoms with Gasteiger partial charge in [-0.25, -0.2) is 9.80 Å². The molecule has 0 spiro atoms. The first-order chi connectivity index (χ1) is 21.1. The van der Waals surface area contributed by atoms with Gasteiger partial charge >= 0.3 is 0 Å². The van der Waals surface area contributed by atoms with Crippen LogP contribution in [0.3, 0.4) is 0 Å². The second kappa shape index (κ2) is 10.4. The van der Waals surface area contributed by atoms with Crippen molar-refractivity contribution < 1.29 is 28.7 Å². The molecule has 44 heavy (non-hydrogen) atoms. The van der Waals surface area contributed by atoms with Crippen molar-refractivity contribution >= 4 is 98.7 Å². The summed E-state index contributed by atoms with van der Waals surface area (Å²) < 4.78 is 11.4. The molecule has 2 saturated heterocycles. The van der Waals surface area contributed by atoms with E-state index in [4.69, 9.17) is 9.47 Å². The number of benzene rings is 2. The lowest BCUT2D eigenvalue weighted by atomic mass is 9.81. The Labute approximate surface area is 288 Å². The predicted octanol–water partition coefficient (Wildman–Crippen LogP) is 5.94. The lowest BCUT2D eigenvalue weighted by molar-refractivity contribution is -0.124. The van der Waals surface area contributed by atoms with Crippen LogP contribution in [0.5, 0.6) is 11.5 Å². The zero-order valence-electron chi connectivity index (χ0n) is 23.7. The highest BCUT2D eigenvalue weighted by atomic mass is 79.9. The Morgan fingerprint density at radius 2 is 0.841 bits per heavy atom. The molecular formula is C32H28Br4N2O6. The summed E-state index contributed by atoms with van der Waals surface area (Å²) in [5, 5.41) is 0. The van der Waals surface area contributed by atoms with Gasteiger partial charge in [0.1, 0.15) is 11.5 Å². The van der Waals surface area contributed by atoms with E-state index in [1.54, 1.807) is 24.3 Å². The van der Waals surface area contributed by atoms with Crippen molar-refractivity contribution in [1.29, 1.82) is 0 Å². The number of methoxy groups -OCH3 is 2. The van der Waals surface area contributed by atoms with Gasteiger partial charge in [0.2, 0.25) is 23.6 Å². The Bertz CT molecular complexity index is 1470. The van der Waals surface area contributed by atoms with Crippen molar-refractivity contribution in [3.63, 3.8) is 0 Å². The minimum absolute atomic E-state index is 0.123. The van der Waals surface area contributed by atoms with E-state index in [9.17, 15) is 19.2 Å². The number of fused-ring (bicyclic) bond motifs is 10. The van der Waals surface area contributed by atoms with Crippen molar-refractivity contribution in [2.24, 2.45) is 47.3 Å². The molecule has 2 aliphatic heterocycles. The fourth-order valence-corrected chi connectivity index (χ4v) is 13.0. The lowest BCUT2D eigenvalue weighted by Crippen LogP contribution is -2.37. The molecular weight excluding hydrogens is 828 g/mol. The molecule has 2 heterocycles. The smallest absolute Gasteiger partial charge is 0.238 e. The highest BCUT2D eigenvalue weighted by Gasteiger charge is 2.68. The number of amides is 4. The van der Waals surface area contributed by atoms with Crippen LogP contribution in [0.15, 0.2) is 36.4 Å². The summed E-state index contributed by atoms with van der Waals surface area (Å²) in [6, 6.07) is 10.8. The SMILES string of the molecule is COc1cc(-c2ccc(N3C(=O)[C@@H]4[C@H]5C[C@@H]([C@H](Br)[C@@H]5Br)[C@@H]4C3=O)c(OC)c2)ccc1N1C(=O)[C@@H]2[C@H]3C[C@@H]([C@@H](Br)[C@H]3Br)[C@H]2C1=O. The number of hydrogen-bond donors (Lipinski definition) is 0. The third-order valence-corrected chi connectivity index (χ3v) is 17.6. The first-order valence-electron chi connectivity index (χ1n) is 14.8. The molecule has 12 heteroatoms. The average Bonchev–Trinajstić information content (AvgIpc) is 3.84. The quantitative estimate of drug-likeness (QED) is 0.274. The Hall–Kier alpha value is -1.76. The number of hydrogen-bond acceptors (Lipinski definition) is 6. The first kappa shape index (κ1) is 29.6. The van der Waals surface area contributed by atoms with Gasteiger partial charge in [0, 0.05) is 19.3 Å². The molecule has 4 amide bonds. The van der Waals surface area contributed by atoms with Gasteiger partial charge in [0.25, 0.3) is 0 Å². The van der Waals surface area contributed by atoms with Crippen molar-refractivity contribution in [2.45, 2.75) is 32.2 Å². The van der Waals surface area contributed by atoms with Crippen molar-refractivity contribution in [1.82, 2.24) is 0 Å². The molecule has 0 radical (unpaired) electrons. The molecule has 230 valence electrons. The van der Waals surface area contributed by atoms with Gasteiger partial charge in [-0.2, -0.15) is 0 Å². The van der Waals surface area contributed by atoms with E-state index in [0.717, 1.165) is 24.0 Å². The third-order valence-electron chi connectivity index (χ3n) is 11.1. The zero-order chi connectivity index (χ0) is 30.9. The monoisotopic (exact) mass is 852 g/mol. The molecule has 6 fully saturated rings. The molecule has 0 unspecified atom stereocenters. The number of anilines is 2. The summed E-state index contributed by atoms with van der Waals surface area (Å²) in [6.07, 6.45) is 1.73. The minimum Gasteiger partial charge on any atom is -0.495 e. The maximum atomic E-state index is 13.6. The Morgan fingerprint density at radius 1 is 0.545 bits per heavy atom. The van der Waals surface area contributed by atoms with Crippen LogP contribution in [0.25, 0.3) is 11.1 Å². The van der Waals surface area contributed by atoms with Crippen molar-refractivity contribution in [3.05, 3.63) is 36.4 Å². The Morgan fingerprint density at radius 3 is 1.11 bits per heavy atom. The number of carbonyl (C=O) groups excluding carboxylic acids is 4. The van der Waals surface area contributed by atoms with Gasteiger partial charge in [-0.15, -0.1) is 0 Å². The zero-order valence-corrected chi connectivity index (χ0v) is 30.0. The molecule has 2 aromatic carbocycles. The highest BCUT2D eigenvalue weighted by Crippen LogP contribution is 2.62. The molecule has 0 N–H and O–H groups in total. The standard InChI is InChI=1S/C32H28Br4N2O6/c1-43-19-7-11(3-5-17(19)37-29(39)21-13-9-14(22(21)30(37)40)26(34)25(13)33)12-4-6-18(20(8-12)44-2)38-31(41)23-15-10-16(24(23)32(38)42)28(36)27(15)35/h3-8,13-16,21-28H,9-10H2,1-2H3/t13-,14-,15-,16-,21-,22-,23-,24+,25-,26+,27-,28+/m1/s1. The number of nitrogens with zero attached hydrogens (tertiary/aromatic N) is 2. The summed E-state index contributed by atoms with van der Waals surface area (Å²) in [7, 11) is 3.04. The van der Waals surface area contributed by atoms with Crippen LogP contribution in [0.4, 0.5) is 11.4 Å². The van der Waals surface area contributed by atoms with E-state index in [0.29, 0.717) is 22.9 Å². The predicted molar refractivity (Wildman–Crippen MR) is 178 cm³/mol. The fraction of sp³-hybridized carbons (Fsp3) is 0.500. The van der Waals surface area contributed by atoms with Crippen LogP contribution in [0.2, 0.25) is 0 Å². The fourth-order valence-electron chi connectivity index (χ4n) is 9.26. The van der Waals surface area contributed by atoms with E-state index in [-0.39, 0.29) is 90.3 Å². The van der Waals surface area contributed by atoms with Gasteiger partial charge in [-0.05, 0) is 71.9 Å². The van der Waals surface area contributed by atoms with E-state index in [1.807, 2.05) is 12.1 Å². The molecule has 4 saturated carbocycles. The maximum Gasteiger partial charge on any atom is 0.238 e. The minimum atomic E-state index is -0.321. The second-order valence-electron chi connectivity index (χ2n) is 12.8. The average molecular weight is 856 g/mol. The van der Waals surface area contributed by atoms with E-state index in [2.05, 4.69) is 63.7 Å². The van der Waals surface area contributed by atoms with Crippen LogP contribution in [-0.2, 0) is 19.2 Å². The number of alkyl halides is 4. The number of rotatable bonds is 5. The van der Waals surface area contributed by atoms with Gasteiger partial charge in [0.05, 0.1) is 49.3 Å². The maximum absolute atomic E-state index is 13.6. The number of carbonyl (C=O) groups is 4. The van der Waals surface area contributed by atoms with Crippen LogP contribution in [0.1, 0.15) is 12.8 Å². The van der Waals surface area contributed by atoms with Crippen LogP contribution in [0, 0.1) is 47.3 Å². The van der Waals surface area contributed by atoms with E-state index < -0.39 is 0 Å². The van der Waals surface area contributed by atoms with E-state index >= 15 is 0 Å². The van der Waals surface area contributed by atoms with Gasteiger partial charge in [-0.1, -0.05) is 75.9 Å². The van der Waals surface area contributed by atoms with E-state index in [1.165, 1.54) is 24.0 Å². The number of ether oxygens (including phenoxy) is 2. The molecule has 4 aliphatic carbocycles. The van der Waals surface area contributed by atoms with Gasteiger partial charge < -0.3 is 9.47 Å². The normalized spacial score (nSPS) is 40.0. The van der Waals surface area contributed by atoms with Crippen LogP contribution in [-0.4, -0.2) is 57.2 Å². The highest BCUT2D eigenvalue weighted by molar-refractivity contribution is 9.12. The molecule has 2 aromatic rings. The largest absolute Gasteiger partial charge is 0.495 e. The summed E-state index contributed by atoms with van der Waals surface area (Å²) in [4.78, 5) is 57.9. The van der Waals surface area contributed by atoms with Crippen LogP contribution < -0.4 is 19.3 Å². The second-order valence-corrected chi connectivity index (χ2v) is 17.0. The lowest BCUT2D eigenvalue weighted by Gasteiger charge is -2.28. The molecule has 6 aliphatic rings. The van der Waals surface area contributed by atoms with Gasteiger partial charge in [0.15, 0.2) is 0 Å². The topological polar surface area (TPSA) is 93.2 Å². The summed E-state index contributed by atoms with van der Waals surface area (Å²) in [6.45, 7) is 0. The Kier molecular flexibility index (Phi) is 6.98. The molecule has 12 atom stereocenters. The molecule has 8 nitrogen and oxygen atoms in total. The molecule has 4 bridgehead atoms. The summed E-state index contributed by atoms with van der Waals surface area (Å²) in [5.41, 5.74) is 2.42. The number of imide groups is 2. The van der Waals surface area contributed by atoms with Crippen molar-refractivity contribution in [3.8, 4) is 22.6 Å². The summed E-state index contributed by atoms with van der Waals surface area (Å²) >= 11 is 15.0. The molecule has 8 rings (SSSR count). The number of halogens is 4. The van der Waals surface area contributed by atoms with Crippen molar-refractivity contribution in [2.75, 3.05) is 24.0 Å². The Balaban J connectivity index is 1.10. The van der Waals surface area contributed by atoms with Gasteiger partial charge in [-0.3, -0.25) is 19.2 Å². The first-order valence-corrected chi connectivity index (χ1v) is 18.4. The third kappa shape index (κ3) is 3.77.